The van der Waals surface area contributed by atoms with Gasteiger partial charge in [0.25, 0.3) is 17.1 Å². The number of oxazole rings is 3. The lowest BCUT2D eigenvalue weighted by molar-refractivity contribution is -0.385. The van der Waals surface area contributed by atoms with E-state index in [9.17, 15) is 44.7 Å². The molecule has 3 aromatic carbocycles. The molecule has 0 N–H and O–H groups in total. The molecule has 0 unspecified atom stereocenters. The molecule has 6 rings (SSSR count). The minimum Gasteiger partial charge on any atom is -0.496 e. The Bertz CT molecular complexity index is 2570. The minimum atomic E-state index is -0.672. The summed E-state index contributed by atoms with van der Waals surface area (Å²) in [4.78, 5) is 76.9. The fourth-order valence-corrected chi connectivity index (χ4v) is 5.27. The van der Waals surface area contributed by atoms with Crippen molar-refractivity contribution in [1.29, 1.82) is 0 Å². The summed E-state index contributed by atoms with van der Waals surface area (Å²) in [6, 6.07) is 11.7. The lowest BCUT2D eigenvalue weighted by Crippen LogP contribution is -2.06. The Balaban J connectivity index is 0.000000202. The molecule has 0 saturated heterocycles. The first-order valence-electron chi connectivity index (χ1n) is 17.0. The number of carbonyl (C=O) groups is 3. The van der Waals surface area contributed by atoms with Crippen LogP contribution in [-0.4, -0.2) is 82.2 Å². The molecule has 23 nitrogen and oxygen atoms in total. The van der Waals surface area contributed by atoms with Crippen LogP contribution >= 0.6 is 11.6 Å². The van der Waals surface area contributed by atoms with E-state index in [2.05, 4.69) is 19.7 Å². The van der Waals surface area contributed by atoms with Crippen molar-refractivity contribution in [3.8, 4) is 45.5 Å². The predicted molar refractivity (Wildman–Crippen MR) is 207 cm³/mol. The van der Waals surface area contributed by atoms with Gasteiger partial charge in [-0.2, -0.15) is 0 Å². The number of carbonyl (C=O) groups excluding carboxylic acids is 3. The number of nitro groups is 3. The molecule has 0 bridgehead atoms. The highest BCUT2D eigenvalue weighted by atomic mass is 35.5. The van der Waals surface area contributed by atoms with Gasteiger partial charge in [0.2, 0.25) is 0 Å². The lowest BCUT2D eigenvalue weighted by atomic mass is 10.1. The lowest BCUT2D eigenvalue weighted by Gasteiger charge is -2.07. The van der Waals surface area contributed by atoms with Gasteiger partial charge in [0.15, 0.2) is 53.5 Å². The van der Waals surface area contributed by atoms with Crippen LogP contribution in [0, 0.1) is 30.3 Å². The molecule has 24 heteroatoms. The number of hydrogen-bond acceptors (Lipinski definition) is 20. The monoisotopic (exact) mass is 866 g/mol. The van der Waals surface area contributed by atoms with Crippen molar-refractivity contribution in [1.82, 2.24) is 15.0 Å². The smallest absolute Gasteiger partial charge is 0.360 e. The van der Waals surface area contributed by atoms with Crippen molar-refractivity contribution < 1.29 is 66.1 Å². The first-order valence-corrected chi connectivity index (χ1v) is 17.4. The van der Waals surface area contributed by atoms with Crippen molar-refractivity contribution >= 4 is 46.6 Å². The molecule has 0 aliphatic heterocycles. The Labute approximate surface area is 347 Å². The highest BCUT2D eigenvalue weighted by Crippen LogP contribution is 2.37. The molecule has 0 aliphatic rings. The van der Waals surface area contributed by atoms with E-state index in [1.54, 1.807) is 13.8 Å². The van der Waals surface area contributed by atoms with Crippen LogP contribution in [0.3, 0.4) is 0 Å². The highest BCUT2D eigenvalue weighted by Gasteiger charge is 2.26. The van der Waals surface area contributed by atoms with Crippen LogP contribution in [0.25, 0.3) is 34.0 Å². The average molecular weight is 867 g/mol. The molecule has 0 saturated carbocycles. The summed E-state index contributed by atoms with van der Waals surface area (Å²) in [5.74, 6) is -1.18. The van der Waals surface area contributed by atoms with E-state index in [4.69, 9.17) is 43.8 Å². The van der Waals surface area contributed by atoms with E-state index in [0.29, 0.717) is 16.7 Å². The Morgan fingerprint density at radius 2 is 0.918 bits per heavy atom. The summed E-state index contributed by atoms with van der Waals surface area (Å²) >= 11 is 5.97. The number of benzene rings is 3. The van der Waals surface area contributed by atoms with Crippen LogP contribution in [0.1, 0.15) is 45.3 Å². The number of halogens is 1. The summed E-state index contributed by atoms with van der Waals surface area (Å²) in [6.07, 6.45) is 3.27. The molecule has 3 aromatic heterocycles. The van der Waals surface area contributed by atoms with Gasteiger partial charge in [-0.3, -0.25) is 30.3 Å². The Hall–Kier alpha value is -8.21. The SMILES string of the molecule is CCOC(=O)c1ncoc1-c1ccc([N+](=O)[O-])cc1Cl.CCOC(=O)c1ncoc1-c1ccc([N+](=O)[O-])cc1OC.COC(=O)c1ncoc1-c1ccc([N+](=O)[O-])cc1OC. The van der Waals surface area contributed by atoms with Crippen LogP contribution in [0.15, 0.2) is 87.0 Å². The van der Waals surface area contributed by atoms with Gasteiger partial charge >= 0.3 is 17.9 Å². The van der Waals surface area contributed by atoms with Crippen molar-refractivity contribution in [3.63, 3.8) is 0 Å². The van der Waals surface area contributed by atoms with Crippen molar-refractivity contribution in [2.45, 2.75) is 13.8 Å². The molecule has 0 radical (unpaired) electrons. The zero-order chi connectivity index (χ0) is 44.8. The Morgan fingerprint density at radius 3 is 1.25 bits per heavy atom. The predicted octanol–water partition coefficient (Wildman–Crippen LogP) is 7.56. The molecule has 0 aliphatic carbocycles. The Morgan fingerprint density at radius 1 is 0.574 bits per heavy atom. The first-order chi connectivity index (χ1) is 29.2. The topological polar surface area (TPSA) is 305 Å². The molecular formula is C37H31ClN6O17. The molecule has 6 aromatic rings. The number of esters is 3. The number of non-ortho nitro benzene ring substituents is 3. The van der Waals surface area contributed by atoms with Crippen molar-refractivity contribution in [2.24, 2.45) is 0 Å². The van der Waals surface area contributed by atoms with Gasteiger partial charge in [-0.1, -0.05) is 11.6 Å². The third-order valence-corrected chi connectivity index (χ3v) is 8.02. The second kappa shape index (κ2) is 21.0. The summed E-state index contributed by atoms with van der Waals surface area (Å²) in [7, 11) is 3.94. The zero-order valence-electron chi connectivity index (χ0n) is 32.3. The summed E-state index contributed by atoms with van der Waals surface area (Å²) in [5.41, 5.74) is 0.595. The van der Waals surface area contributed by atoms with Gasteiger partial charge in [0.1, 0.15) is 11.5 Å². The number of hydrogen-bond donors (Lipinski definition) is 0. The molecule has 0 atom stereocenters. The largest absolute Gasteiger partial charge is 0.496 e. The third kappa shape index (κ3) is 10.8. The summed E-state index contributed by atoms with van der Waals surface area (Å²) in [5, 5.41) is 32.2. The van der Waals surface area contributed by atoms with Gasteiger partial charge in [-0.05, 0) is 32.0 Å². The van der Waals surface area contributed by atoms with Gasteiger partial charge in [0.05, 0.1) is 77.6 Å². The standard InChI is InChI=1S/C13H12N2O6.C12H9ClN2O5.C12H10N2O6/c1-3-20-13(16)11-12(21-7-14-11)9-5-4-8(15(17)18)6-10(9)19-2;1-2-19-12(16)10-11(20-6-14-10)8-4-3-7(15(17)18)5-9(8)13;1-18-9-5-7(14(16)17)3-4-8(9)11-10(12(15)19-2)13-6-20-11/h4-7H,3H2,1-2H3;3-6H,2H2,1H3;3-6H,1-2H3. The third-order valence-electron chi connectivity index (χ3n) is 7.71. The van der Waals surface area contributed by atoms with Crippen molar-refractivity contribution in [3.05, 3.63) is 126 Å². The summed E-state index contributed by atoms with van der Waals surface area (Å²) in [6.45, 7) is 3.72. The number of ether oxygens (including phenoxy) is 5. The fraction of sp³-hybridized carbons (Fsp3) is 0.189. The van der Waals surface area contributed by atoms with E-state index in [-0.39, 0.29) is 81.2 Å². The molecule has 61 heavy (non-hydrogen) atoms. The van der Waals surface area contributed by atoms with E-state index in [1.165, 1.54) is 75.9 Å². The number of rotatable bonds is 13. The van der Waals surface area contributed by atoms with E-state index < -0.39 is 32.7 Å². The van der Waals surface area contributed by atoms with E-state index in [1.807, 2.05) is 0 Å². The van der Waals surface area contributed by atoms with E-state index in [0.717, 1.165) is 19.2 Å². The normalized spacial score (nSPS) is 10.2. The fourth-order valence-electron chi connectivity index (χ4n) is 5.01. The maximum Gasteiger partial charge on any atom is 0.360 e. The second-order valence-corrected chi connectivity index (χ2v) is 11.6. The van der Waals surface area contributed by atoms with Gasteiger partial charge in [-0.15, -0.1) is 0 Å². The average Bonchev–Trinajstić information content (AvgIpc) is 4.06. The number of methoxy groups -OCH3 is 3. The molecule has 0 spiro atoms. The van der Waals surface area contributed by atoms with Gasteiger partial charge in [0, 0.05) is 29.8 Å². The van der Waals surface area contributed by atoms with Gasteiger partial charge in [-0.25, -0.2) is 29.3 Å². The molecule has 0 amide bonds. The Kier molecular flexibility index (Phi) is 15.6. The van der Waals surface area contributed by atoms with Crippen LogP contribution in [0.4, 0.5) is 17.1 Å². The minimum absolute atomic E-state index is 0.0102. The van der Waals surface area contributed by atoms with Crippen LogP contribution < -0.4 is 9.47 Å². The van der Waals surface area contributed by atoms with Crippen molar-refractivity contribution in [2.75, 3.05) is 34.5 Å². The molecule has 0 fully saturated rings. The number of nitrogens with zero attached hydrogens (tertiary/aromatic N) is 6. The van der Waals surface area contributed by atoms with Gasteiger partial charge < -0.3 is 36.9 Å². The second-order valence-electron chi connectivity index (χ2n) is 11.2. The maximum atomic E-state index is 11.8. The first kappa shape index (κ1) is 45.5. The quantitative estimate of drug-likeness (QED) is 0.0467. The molecular weight excluding hydrogens is 836 g/mol. The maximum absolute atomic E-state index is 11.8. The number of aromatic nitrogens is 3. The number of nitro benzene ring substituents is 3. The van der Waals surface area contributed by atoms with Crippen LogP contribution in [-0.2, 0) is 14.2 Å². The molecule has 3 heterocycles. The molecule has 318 valence electrons. The van der Waals surface area contributed by atoms with Crippen LogP contribution in [0.5, 0.6) is 11.5 Å². The van der Waals surface area contributed by atoms with Crippen LogP contribution in [0.2, 0.25) is 5.02 Å². The zero-order valence-corrected chi connectivity index (χ0v) is 33.1. The van der Waals surface area contributed by atoms with E-state index >= 15 is 0 Å². The highest BCUT2D eigenvalue weighted by molar-refractivity contribution is 6.33. The summed E-state index contributed by atoms with van der Waals surface area (Å²) < 4.78 is 40.0.